The van der Waals surface area contributed by atoms with Crippen LogP contribution in [0.25, 0.3) is 0 Å². The van der Waals surface area contributed by atoms with Crippen molar-refractivity contribution < 1.29 is 28.2 Å². The number of nitrogens with zero attached hydrogens (tertiary/aromatic N) is 1. The van der Waals surface area contributed by atoms with E-state index < -0.39 is 29.6 Å². The minimum atomic E-state index is -2.78. The lowest BCUT2D eigenvalue weighted by molar-refractivity contribution is -0.142. The van der Waals surface area contributed by atoms with Gasteiger partial charge in [0.05, 0.1) is 0 Å². The molecule has 5 nitrogen and oxygen atoms in total. The van der Waals surface area contributed by atoms with Crippen LogP contribution in [0.4, 0.5) is 13.6 Å². The number of carboxylic acid groups (broad SMARTS) is 1. The number of alkyl halides is 2. The summed E-state index contributed by atoms with van der Waals surface area (Å²) in [4.78, 5) is 24.4. The highest BCUT2D eigenvalue weighted by atomic mass is 19.3. The van der Waals surface area contributed by atoms with Crippen molar-refractivity contribution in [2.45, 2.75) is 64.5 Å². The number of hydrogen-bond donors (Lipinski definition) is 1. The van der Waals surface area contributed by atoms with Crippen molar-refractivity contribution in [2.24, 2.45) is 5.92 Å². The van der Waals surface area contributed by atoms with Crippen LogP contribution in [0.5, 0.6) is 0 Å². The minimum absolute atomic E-state index is 0.141. The second-order valence-corrected chi connectivity index (χ2v) is 6.70. The van der Waals surface area contributed by atoms with Gasteiger partial charge in [-0.05, 0) is 46.5 Å². The number of hydrogen-bond acceptors (Lipinski definition) is 3. The van der Waals surface area contributed by atoms with Gasteiger partial charge in [-0.3, -0.25) is 4.90 Å². The molecule has 21 heavy (non-hydrogen) atoms. The highest BCUT2D eigenvalue weighted by Gasteiger charge is 2.42. The first-order valence-corrected chi connectivity index (χ1v) is 6.99. The van der Waals surface area contributed by atoms with Crippen LogP contribution in [-0.4, -0.2) is 46.2 Å². The molecule has 0 aromatic carbocycles. The lowest BCUT2D eigenvalue weighted by Gasteiger charge is -2.26. The van der Waals surface area contributed by atoms with E-state index in [-0.39, 0.29) is 31.7 Å². The van der Waals surface area contributed by atoms with E-state index in [2.05, 4.69) is 0 Å². The summed E-state index contributed by atoms with van der Waals surface area (Å²) in [7, 11) is 0. The zero-order valence-electron chi connectivity index (χ0n) is 12.9. The van der Waals surface area contributed by atoms with Crippen LogP contribution >= 0.6 is 0 Å². The molecule has 1 fully saturated rings. The van der Waals surface area contributed by atoms with Gasteiger partial charge in [0, 0.05) is 13.0 Å². The Bertz CT molecular complexity index is 401. The Hall–Kier alpha value is -1.40. The van der Waals surface area contributed by atoms with Gasteiger partial charge in [0.2, 0.25) is 5.92 Å². The number of aliphatic carboxylic acids is 1. The molecular formula is C14H23F2NO4. The van der Waals surface area contributed by atoms with Crippen molar-refractivity contribution in [1.82, 2.24) is 4.90 Å². The van der Waals surface area contributed by atoms with Gasteiger partial charge in [0.1, 0.15) is 11.6 Å². The predicted octanol–water partition coefficient (Wildman–Crippen LogP) is 3.13. The van der Waals surface area contributed by atoms with Gasteiger partial charge < -0.3 is 9.84 Å². The SMILES string of the molecule is CC(F)(F)CCC1CC(C(=O)O)N(C(=O)OC(C)(C)C)C1. The van der Waals surface area contributed by atoms with Gasteiger partial charge >= 0.3 is 12.1 Å². The van der Waals surface area contributed by atoms with Crippen molar-refractivity contribution in [1.29, 1.82) is 0 Å². The largest absolute Gasteiger partial charge is 0.480 e. The Morgan fingerprint density at radius 3 is 2.29 bits per heavy atom. The molecule has 0 bridgehead atoms. The third-order valence-electron chi connectivity index (χ3n) is 3.29. The lowest BCUT2D eigenvalue weighted by Crippen LogP contribution is -2.43. The smallest absolute Gasteiger partial charge is 0.411 e. The van der Waals surface area contributed by atoms with Crippen LogP contribution in [0.3, 0.4) is 0 Å². The molecule has 1 N–H and O–H groups in total. The molecule has 2 unspecified atom stereocenters. The van der Waals surface area contributed by atoms with Crippen molar-refractivity contribution in [3.05, 3.63) is 0 Å². The van der Waals surface area contributed by atoms with Gasteiger partial charge in [-0.15, -0.1) is 0 Å². The first kappa shape index (κ1) is 17.7. The molecule has 0 aromatic rings. The number of carbonyl (C=O) groups is 2. The van der Waals surface area contributed by atoms with E-state index in [9.17, 15) is 23.5 Å². The van der Waals surface area contributed by atoms with E-state index in [1.807, 2.05) is 0 Å². The summed E-state index contributed by atoms with van der Waals surface area (Å²) < 4.78 is 30.9. The Labute approximate surface area is 123 Å². The molecule has 1 rings (SSSR count). The number of carbonyl (C=O) groups excluding carboxylic acids is 1. The van der Waals surface area contributed by atoms with Crippen LogP contribution < -0.4 is 0 Å². The zero-order chi connectivity index (χ0) is 16.4. The summed E-state index contributed by atoms with van der Waals surface area (Å²) in [6.07, 6.45) is -0.649. The Kier molecular flexibility index (Phi) is 5.17. The fourth-order valence-corrected chi connectivity index (χ4v) is 2.35. The Morgan fingerprint density at radius 2 is 1.86 bits per heavy atom. The van der Waals surface area contributed by atoms with Gasteiger partial charge in [-0.1, -0.05) is 0 Å². The molecule has 0 aromatic heterocycles. The third-order valence-corrected chi connectivity index (χ3v) is 3.29. The molecule has 1 amide bonds. The van der Waals surface area contributed by atoms with E-state index in [1.54, 1.807) is 20.8 Å². The maximum Gasteiger partial charge on any atom is 0.411 e. The van der Waals surface area contributed by atoms with E-state index in [0.29, 0.717) is 0 Å². The van der Waals surface area contributed by atoms with Crippen LogP contribution in [0.2, 0.25) is 0 Å². The fourth-order valence-electron chi connectivity index (χ4n) is 2.35. The summed E-state index contributed by atoms with van der Waals surface area (Å²) in [6.45, 7) is 6.04. The average molecular weight is 307 g/mol. The predicted molar refractivity (Wildman–Crippen MR) is 72.3 cm³/mol. The van der Waals surface area contributed by atoms with Crippen LogP contribution in [0, 0.1) is 5.92 Å². The number of ether oxygens (including phenoxy) is 1. The third kappa shape index (κ3) is 5.85. The van der Waals surface area contributed by atoms with Crippen molar-refractivity contribution >= 4 is 12.1 Å². The summed E-state index contributed by atoms with van der Waals surface area (Å²) >= 11 is 0. The van der Waals surface area contributed by atoms with Crippen molar-refractivity contribution in [2.75, 3.05) is 6.54 Å². The number of carboxylic acids is 1. The highest BCUT2D eigenvalue weighted by Crippen LogP contribution is 2.31. The second-order valence-electron chi connectivity index (χ2n) is 6.70. The van der Waals surface area contributed by atoms with Gasteiger partial charge in [-0.25, -0.2) is 18.4 Å². The quantitative estimate of drug-likeness (QED) is 0.866. The molecule has 0 saturated carbocycles. The maximum absolute atomic E-state index is 12.9. The normalized spacial score (nSPS) is 23.2. The maximum atomic E-state index is 12.9. The molecule has 7 heteroatoms. The summed E-state index contributed by atoms with van der Waals surface area (Å²) in [6, 6.07) is -1.00. The number of rotatable bonds is 4. The van der Waals surface area contributed by atoms with E-state index in [1.165, 1.54) is 0 Å². The molecule has 0 aliphatic carbocycles. The fraction of sp³-hybridized carbons (Fsp3) is 0.857. The molecule has 2 atom stereocenters. The van der Waals surface area contributed by atoms with E-state index in [0.717, 1.165) is 11.8 Å². The summed E-state index contributed by atoms with van der Waals surface area (Å²) in [5.41, 5.74) is -0.728. The highest BCUT2D eigenvalue weighted by molar-refractivity contribution is 5.80. The standard InChI is InChI=1S/C14H23F2NO4/c1-13(2,3)21-12(20)17-8-9(5-6-14(4,15)16)7-10(17)11(18)19/h9-10H,5-8H2,1-4H3,(H,18,19). The first-order chi connectivity index (χ1) is 9.39. The average Bonchev–Trinajstić information content (AvgIpc) is 2.67. The van der Waals surface area contributed by atoms with Crippen LogP contribution in [0.15, 0.2) is 0 Å². The zero-order valence-corrected chi connectivity index (χ0v) is 12.9. The van der Waals surface area contributed by atoms with E-state index in [4.69, 9.17) is 4.74 Å². The van der Waals surface area contributed by atoms with Crippen LogP contribution in [-0.2, 0) is 9.53 Å². The number of halogens is 2. The van der Waals surface area contributed by atoms with Crippen LogP contribution in [0.1, 0.15) is 47.0 Å². The Morgan fingerprint density at radius 1 is 1.29 bits per heavy atom. The molecular weight excluding hydrogens is 284 g/mol. The molecule has 1 aliphatic heterocycles. The molecule has 0 radical (unpaired) electrons. The number of likely N-dealkylation sites (tertiary alicyclic amines) is 1. The van der Waals surface area contributed by atoms with Gasteiger partial charge in [0.25, 0.3) is 0 Å². The first-order valence-electron chi connectivity index (χ1n) is 6.99. The monoisotopic (exact) mass is 307 g/mol. The lowest BCUT2D eigenvalue weighted by atomic mass is 9.98. The summed E-state index contributed by atoms with van der Waals surface area (Å²) in [5, 5.41) is 9.18. The second kappa shape index (κ2) is 6.15. The van der Waals surface area contributed by atoms with E-state index >= 15 is 0 Å². The van der Waals surface area contributed by atoms with Gasteiger partial charge in [-0.2, -0.15) is 0 Å². The number of amides is 1. The van der Waals surface area contributed by atoms with Crippen molar-refractivity contribution in [3.8, 4) is 0 Å². The molecule has 1 saturated heterocycles. The molecule has 1 heterocycles. The topological polar surface area (TPSA) is 66.8 Å². The van der Waals surface area contributed by atoms with Crippen molar-refractivity contribution in [3.63, 3.8) is 0 Å². The summed E-state index contributed by atoms with van der Waals surface area (Å²) in [5.74, 6) is -4.16. The molecule has 0 spiro atoms. The molecule has 122 valence electrons. The minimum Gasteiger partial charge on any atom is -0.480 e. The molecule has 1 aliphatic rings. The van der Waals surface area contributed by atoms with Gasteiger partial charge in [0.15, 0.2) is 0 Å². The Balaban J connectivity index is 2.69.